The fourth-order valence-corrected chi connectivity index (χ4v) is 4.89. The minimum absolute atomic E-state index is 0.0682. The Morgan fingerprint density at radius 1 is 1.12 bits per heavy atom. The molecule has 0 aliphatic heterocycles. The molecule has 0 radical (unpaired) electrons. The van der Waals surface area contributed by atoms with Crippen molar-refractivity contribution in [3.05, 3.63) is 76.8 Å². The van der Waals surface area contributed by atoms with E-state index in [1.54, 1.807) is 13.0 Å². The van der Waals surface area contributed by atoms with Crippen molar-refractivity contribution in [3.8, 4) is 11.3 Å². The Balaban J connectivity index is 1.42. The molecule has 174 valence electrons. The van der Waals surface area contributed by atoms with Crippen LogP contribution in [0.5, 0.6) is 0 Å². The van der Waals surface area contributed by atoms with Gasteiger partial charge in [0, 0.05) is 29.7 Å². The molecule has 2 aromatic heterocycles. The molecule has 0 aliphatic rings. The number of thioether (sulfide) groups is 1. The van der Waals surface area contributed by atoms with E-state index in [0.29, 0.717) is 28.2 Å². The van der Waals surface area contributed by atoms with Gasteiger partial charge in [0.25, 0.3) is 5.91 Å². The zero-order chi connectivity index (χ0) is 24.1. The first kappa shape index (κ1) is 23.7. The third-order valence-corrected chi connectivity index (χ3v) is 6.74. The van der Waals surface area contributed by atoms with E-state index in [1.807, 2.05) is 54.8 Å². The van der Waals surface area contributed by atoms with Crippen molar-refractivity contribution in [2.24, 2.45) is 0 Å². The van der Waals surface area contributed by atoms with Crippen LogP contribution in [0, 0.1) is 6.92 Å². The summed E-state index contributed by atoms with van der Waals surface area (Å²) < 4.78 is 5.00. The number of benzene rings is 2. The number of rotatable bonds is 8. The van der Waals surface area contributed by atoms with E-state index in [-0.39, 0.29) is 17.9 Å². The Bertz CT molecular complexity index is 1300. The molecular formula is C24H23N5O3S2. The molecule has 0 spiro atoms. The van der Waals surface area contributed by atoms with Gasteiger partial charge in [0.1, 0.15) is 0 Å². The second-order valence-corrected chi connectivity index (χ2v) is 9.43. The topological polar surface area (TPSA) is 110 Å². The Hall–Kier alpha value is -3.50. The molecule has 0 aliphatic carbocycles. The molecule has 4 aromatic rings. The highest BCUT2D eigenvalue weighted by Crippen LogP contribution is 2.29. The largest absolute Gasteiger partial charge is 0.350 e. The smallest absolute Gasteiger partial charge is 0.258 e. The summed E-state index contributed by atoms with van der Waals surface area (Å²) in [5.41, 5.74) is 3.27. The Labute approximate surface area is 205 Å². The number of carbonyl (C=O) groups is 2. The van der Waals surface area contributed by atoms with Crippen molar-refractivity contribution >= 4 is 40.0 Å². The lowest BCUT2D eigenvalue weighted by Crippen LogP contribution is -2.23. The number of thiazole rings is 1. The summed E-state index contributed by atoms with van der Waals surface area (Å²) in [6.45, 7) is 5.18. The molecule has 34 heavy (non-hydrogen) atoms. The molecule has 8 nitrogen and oxygen atoms in total. The first-order valence-corrected chi connectivity index (χ1v) is 12.4. The van der Waals surface area contributed by atoms with Crippen LogP contribution in [-0.4, -0.2) is 26.9 Å². The minimum atomic E-state index is -0.229. The number of nitrogens with one attached hydrogen (secondary N) is 2. The van der Waals surface area contributed by atoms with Gasteiger partial charge in [-0.05, 0) is 24.6 Å². The summed E-state index contributed by atoms with van der Waals surface area (Å²) in [5.74, 6) is 1.30. The average Bonchev–Trinajstić information content (AvgIpc) is 3.46. The Kier molecular flexibility index (Phi) is 7.39. The van der Waals surface area contributed by atoms with Gasteiger partial charge in [-0.25, -0.2) is 4.98 Å². The molecular weight excluding hydrogens is 470 g/mol. The molecule has 2 amide bonds. The van der Waals surface area contributed by atoms with Crippen LogP contribution in [0.15, 0.2) is 63.3 Å². The van der Waals surface area contributed by atoms with E-state index in [0.717, 1.165) is 21.7 Å². The molecule has 2 aromatic carbocycles. The number of aryl methyl sites for hydroxylation is 1. The van der Waals surface area contributed by atoms with Gasteiger partial charge >= 0.3 is 0 Å². The summed E-state index contributed by atoms with van der Waals surface area (Å²) in [7, 11) is 0. The number of hydrogen-bond donors (Lipinski definition) is 2. The molecule has 4 rings (SSSR count). The maximum Gasteiger partial charge on any atom is 0.258 e. The molecule has 0 saturated carbocycles. The molecule has 1 atom stereocenters. The van der Waals surface area contributed by atoms with E-state index in [2.05, 4.69) is 25.8 Å². The van der Waals surface area contributed by atoms with Crippen LogP contribution in [0.3, 0.4) is 0 Å². The van der Waals surface area contributed by atoms with Crippen molar-refractivity contribution in [1.29, 1.82) is 0 Å². The number of aromatic nitrogens is 3. The van der Waals surface area contributed by atoms with E-state index >= 15 is 0 Å². The fourth-order valence-electron chi connectivity index (χ4n) is 3.28. The third-order valence-electron chi connectivity index (χ3n) is 4.91. The van der Waals surface area contributed by atoms with E-state index in [9.17, 15) is 9.59 Å². The van der Waals surface area contributed by atoms with E-state index in [1.165, 1.54) is 30.0 Å². The number of carbonyl (C=O) groups excluding carboxylic acids is 2. The van der Waals surface area contributed by atoms with Crippen LogP contribution >= 0.6 is 23.1 Å². The molecule has 1 unspecified atom stereocenters. The average molecular weight is 494 g/mol. The van der Waals surface area contributed by atoms with Gasteiger partial charge in [0.05, 0.1) is 23.1 Å². The summed E-state index contributed by atoms with van der Waals surface area (Å²) in [4.78, 5) is 33.8. The number of nitrogens with zero attached hydrogens (tertiary/aromatic N) is 3. The number of anilines is 1. The minimum Gasteiger partial charge on any atom is -0.350 e. The van der Waals surface area contributed by atoms with Crippen molar-refractivity contribution < 1.29 is 14.1 Å². The van der Waals surface area contributed by atoms with Gasteiger partial charge in [-0.3, -0.25) is 14.9 Å². The SMILES string of the molecule is CC(=O)NC(C)c1ccc(-c2csc(NC(=O)c3ccccc3SCc3noc(C)n3)n2)cc1. The van der Waals surface area contributed by atoms with E-state index in [4.69, 9.17) is 4.52 Å². The van der Waals surface area contributed by atoms with Crippen LogP contribution in [0.25, 0.3) is 11.3 Å². The van der Waals surface area contributed by atoms with Crippen LogP contribution < -0.4 is 10.6 Å². The monoisotopic (exact) mass is 493 g/mol. The van der Waals surface area contributed by atoms with Crippen LogP contribution in [0.2, 0.25) is 0 Å². The maximum absolute atomic E-state index is 13.0. The summed E-state index contributed by atoms with van der Waals surface area (Å²) >= 11 is 2.84. The predicted octanol–water partition coefficient (Wildman–Crippen LogP) is 5.24. The highest BCUT2D eigenvalue weighted by molar-refractivity contribution is 7.98. The molecule has 0 fully saturated rings. The van der Waals surface area contributed by atoms with Gasteiger partial charge in [-0.2, -0.15) is 4.98 Å². The number of hydrogen-bond acceptors (Lipinski definition) is 8. The molecule has 0 bridgehead atoms. The quantitative estimate of drug-likeness (QED) is 0.323. The normalized spacial score (nSPS) is 11.7. The number of amides is 2. The van der Waals surface area contributed by atoms with Gasteiger partial charge < -0.3 is 9.84 Å². The molecule has 10 heteroatoms. The van der Waals surface area contributed by atoms with Gasteiger partial charge in [0.2, 0.25) is 11.8 Å². The van der Waals surface area contributed by atoms with Crippen molar-refractivity contribution in [2.75, 3.05) is 5.32 Å². The van der Waals surface area contributed by atoms with Crippen molar-refractivity contribution in [1.82, 2.24) is 20.4 Å². The lowest BCUT2D eigenvalue weighted by Gasteiger charge is -2.13. The Morgan fingerprint density at radius 3 is 2.59 bits per heavy atom. The lowest BCUT2D eigenvalue weighted by molar-refractivity contribution is -0.119. The van der Waals surface area contributed by atoms with Crippen LogP contribution in [0.1, 0.15) is 47.5 Å². The highest BCUT2D eigenvalue weighted by atomic mass is 32.2. The first-order chi connectivity index (χ1) is 16.4. The zero-order valence-electron chi connectivity index (χ0n) is 18.9. The second kappa shape index (κ2) is 10.6. The van der Waals surface area contributed by atoms with E-state index < -0.39 is 0 Å². The second-order valence-electron chi connectivity index (χ2n) is 7.55. The summed E-state index contributed by atoms with van der Waals surface area (Å²) in [5, 5.41) is 12.1. The van der Waals surface area contributed by atoms with Crippen molar-refractivity contribution in [3.63, 3.8) is 0 Å². The van der Waals surface area contributed by atoms with Gasteiger partial charge in [-0.15, -0.1) is 23.1 Å². The lowest BCUT2D eigenvalue weighted by atomic mass is 10.1. The standard InChI is InChI=1S/C24H23N5O3S2/c1-14(25-15(2)30)17-8-10-18(11-9-17)20-12-34-24(27-20)28-23(31)19-6-4-5-7-21(19)33-13-22-26-16(3)32-29-22/h4-12,14H,13H2,1-3H3,(H,25,30)(H,27,28,31). The molecule has 0 saturated heterocycles. The summed E-state index contributed by atoms with van der Waals surface area (Å²) in [6, 6.07) is 15.2. The predicted molar refractivity (Wildman–Crippen MR) is 133 cm³/mol. The summed E-state index contributed by atoms with van der Waals surface area (Å²) in [6.07, 6.45) is 0. The zero-order valence-corrected chi connectivity index (χ0v) is 20.5. The molecule has 2 N–H and O–H groups in total. The van der Waals surface area contributed by atoms with Gasteiger partial charge in [0.15, 0.2) is 11.0 Å². The third kappa shape index (κ3) is 5.89. The Morgan fingerprint density at radius 2 is 1.88 bits per heavy atom. The van der Waals surface area contributed by atoms with Crippen LogP contribution in [0.4, 0.5) is 5.13 Å². The fraction of sp³-hybridized carbons (Fsp3) is 0.208. The molecule has 2 heterocycles. The first-order valence-electron chi connectivity index (χ1n) is 10.5. The maximum atomic E-state index is 13.0. The van der Waals surface area contributed by atoms with Crippen LogP contribution in [-0.2, 0) is 10.5 Å². The van der Waals surface area contributed by atoms with Gasteiger partial charge in [-0.1, -0.05) is 41.6 Å². The highest BCUT2D eigenvalue weighted by Gasteiger charge is 2.15. The van der Waals surface area contributed by atoms with Crippen molar-refractivity contribution in [2.45, 2.75) is 37.5 Å².